The monoisotopic (exact) mass is 431 g/mol. The Morgan fingerprint density at radius 1 is 1.46 bits per heavy atom. The van der Waals surface area contributed by atoms with Crippen molar-refractivity contribution < 1.29 is 14.3 Å². The van der Waals surface area contributed by atoms with Gasteiger partial charge in [0.25, 0.3) is 0 Å². The molecular formula is C17H16BrCl2NO3. The molecule has 3 atom stereocenters. The number of carbonyl (C=O) groups is 1. The molecule has 3 unspecified atom stereocenters. The summed E-state index contributed by atoms with van der Waals surface area (Å²) in [6, 6.07) is 7.19. The van der Waals surface area contributed by atoms with E-state index in [0.29, 0.717) is 11.3 Å². The van der Waals surface area contributed by atoms with E-state index in [2.05, 4.69) is 15.9 Å². The number of methoxy groups -OCH3 is 1. The van der Waals surface area contributed by atoms with Crippen molar-refractivity contribution in [1.29, 1.82) is 5.26 Å². The maximum atomic E-state index is 12.5. The summed E-state index contributed by atoms with van der Waals surface area (Å²) >= 11 is 14.7. The van der Waals surface area contributed by atoms with Gasteiger partial charge in [-0.2, -0.15) is 5.26 Å². The second kappa shape index (κ2) is 7.35. The van der Waals surface area contributed by atoms with E-state index in [9.17, 15) is 10.1 Å². The molecule has 0 saturated heterocycles. The zero-order valence-electron chi connectivity index (χ0n) is 13.3. The Labute approximate surface area is 159 Å². The Kier molecular flexibility index (Phi) is 5.85. The van der Waals surface area contributed by atoms with E-state index in [1.54, 1.807) is 24.3 Å². The third kappa shape index (κ3) is 3.88. The third-order valence-corrected chi connectivity index (χ3v) is 5.04. The smallest absolute Gasteiger partial charge is 0.311 e. The number of nitrogens with zero attached hydrogens (tertiary/aromatic N) is 1. The van der Waals surface area contributed by atoms with Gasteiger partial charge in [0.15, 0.2) is 0 Å². The van der Waals surface area contributed by atoms with E-state index in [-0.39, 0.29) is 21.7 Å². The molecule has 0 N–H and O–H groups in total. The van der Waals surface area contributed by atoms with Crippen LogP contribution in [-0.4, -0.2) is 13.1 Å². The number of esters is 1. The molecule has 24 heavy (non-hydrogen) atoms. The number of hydrogen-bond acceptors (Lipinski definition) is 4. The van der Waals surface area contributed by atoms with Gasteiger partial charge in [0, 0.05) is 4.47 Å². The van der Waals surface area contributed by atoms with Crippen LogP contribution in [0.25, 0.3) is 0 Å². The van der Waals surface area contributed by atoms with Crippen LogP contribution in [0.5, 0.6) is 5.75 Å². The summed E-state index contributed by atoms with van der Waals surface area (Å²) in [4.78, 5) is 12.5. The van der Waals surface area contributed by atoms with Crippen molar-refractivity contribution in [3.05, 3.63) is 38.8 Å². The normalized spacial score (nSPS) is 22.0. The van der Waals surface area contributed by atoms with Gasteiger partial charge in [-0.15, -0.1) is 0 Å². The molecule has 0 radical (unpaired) electrons. The number of hydrogen-bond donors (Lipinski definition) is 0. The Balaban J connectivity index is 2.21. The maximum Gasteiger partial charge on any atom is 0.311 e. The molecule has 2 rings (SSSR count). The van der Waals surface area contributed by atoms with E-state index in [1.807, 2.05) is 19.9 Å². The standard InChI is InChI=1S/C17H16BrCl2NO3/c1-17(2)11(7-14(19)20)15(17)16(22)24-13(8-21)10-6-9(18)4-5-12(10)23-3/h4-7,11,13,15H,1-3H3. The Morgan fingerprint density at radius 3 is 2.67 bits per heavy atom. The quantitative estimate of drug-likeness (QED) is 0.603. The first-order valence-electron chi connectivity index (χ1n) is 7.18. The molecule has 128 valence electrons. The lowest BCUT2D eigenvalue weighted by atomic mass is 10.1. The maximum absolute atomic E-state index is 12.5. The summed E-state index contributed by atoms with van der Waals surface area (Å²) in [5.74, 6) is -0.477. The van der Waals surface area contributed by atoms with Crippen LogP contribution in [0.1, 0.15) is 25.5 Å². The predicted molar refractivity (Wildman–Crippen MR) is 95.7 cm³/mol. The van der Waals surface area contributed by atoms with E-state index < -0.39 is 12.1 Å². The highest BCUT2D eigenvalue weighted by Gasteiger charge is 2.62. The number of nitriles is 1. The fourth-order valence-electron chi connectivity index (χ4n) is 2.83. The topological polar surface area (TPSA) is 59.3 Å². The second-order valence-corrected chi connectivity index (χ2v) is 8.04. The van der Waals surface area contributed by atoms with Crippen molar-refractivity contribution in [3.8, 4) is 11.8 Å². The lowest BCUT2D eigenvalue weighted by Gasteiger charge is -2.15. The van der Waals surface area contributed by atoms with Crippen molar-refractivity contribution in [2.45, 2.75) is 20.0 Å². The number of allylic oxidation sites excluding steroid dienone is 1. The molecule has 1 aliphatic carbocycles. The number of halogens is 3. The summed E-state index contributed by atoms with van der Waals surface area (Å²) in [5.41, 5.74) is 0.177. The first kappa shape index (κ1) is 19.1. The second-order valence-electron chi connectivity index (χ2n) is 6.11. The van der Waals surface area contributed by atoms with Crippen LogP contribution in [0.2, 0.25) is 0 Å². The van der Waals surface area contributed by atoms with Crippen LogP contribution in [0, 0.1) is 28.6 Å². The van der Waals surface area contributed by atoms with Crippen LogP contribution in [-0.2, 0) is 9.53 Å². The molecule has 1 saturated carbocycles. The molecule has 0 spiro atoms. The highest BCUT2D eigenvalue weighted by molar-refractivity contribution is 9.10. The van der Waals surface area contributed by atoms with Gasteiger partial charge in [0.05, 0.1) is 18.6 Å². The van der Waals surface area contributed by atoms with E-state index in [4.69, 9.17) is 32.7 Å². The summed E-state index contributed by atoms with van der Waals surface area (Å²) in [6.07, 6.45) is 0.577. The molecule has 4 nitrogen and oxygen atoms in total. The SMILES string of the molecule is COc1ccc(Br)cc1C(C#N)OC(=O)C1C(C=C(Cl)Cl)C1(C)C. The van der Waals surface area contributed by atoms with Crippen molar-refractivity contribution >= 4 is 45.1 Å². The Hall–Kier alpha value is -1.22. The summed E-state index contributed by atoms with van der Waals surface area (Å²) < 4.78 is 11.6. The molecule has 1 aliphatic rings. The summed E-state index contributed by atoms with van der Waals surface area (Å²) in [6.45, 7) is 3.86. The number of carbonyl (C=O) groups excluding carboxylic acids is 1. The average Bonchev–Trinajstić information content (AvgIpc) is 3.04. The van der Waals surface area contributed by atoms with Crippen LogP contribution in [0.15, 0.2) is 33.2 Å². The van der Waals surface area contributed by atoms with Gasteiger partial charge in [-0.3, -0.25) is 4.79 Å². The van der Waals surface area contributed by atoms with Gasteiger partial charge in [-0.25, -0.2) is 0 Å². The molecule has 0 amide bonds. The summed E-state index contributed by atoms with van der Waals surface area (Å²) in [5, 5.41) is 9.43. The number of benzene rings is 1. The van der Waals surface area contributed by atoms with Gasteiger partial charge >= 0.3 is 5.97 Å². The van der Waals surface area contributed by atoms with Crippen molar-refractivity contribution in [2.24, 2.45) is 17.3 Å². The number of rotatable bonds is 5. The molecule has 0 heterocycles. The van der Waals surface area contributed by atoms with E-state index in [1.165, 1.54) is 7.11 Å². The molecule has 1 aromatic carbocycles. The fraction of sp³-hybridized carbons (Fsp3) is 0.412. The first-order chi connectivity index (χ1) is 11.2. The minimum Gasteiger partial charge on any atom is -0.496 e. The molecule has 0 bridgehead atoms. The lowest BCUT2D eigenvalue weighted by molar-refractivity contribution is -0.149. The average molecular weight is 433 g/mol. The van der Waals surface area contributed by atoms with Crippen LogP contribution in [0.4, 0.5) is 0 Å². The van der Waals surface area contributed by atoms with Gasteiger partial charge < -0.3 is 9.47 Å². The van der Waals surface area contributed by atoms with Gasteiger partial charge in [0.2, 0.25) is 6.10 Å². The van der Waals surface area contributed by atoms with Gasteiger partial charge in [-0.05, 0) is 35.6 Å². The Morgan fingerprint density at radius 2 is 2.12 bits per heavy atom. The van der Waals surface area contributed by atoms with Crippen molar-refractivity contribution in [2.75, 3.05) is 7.11 Å². The van der Waals surface area contributed by atoms with Crippen molar-refractivity contribution in [3.63, 3.8) is 0 Å². The van der Waals surface area contributed by atoms with Gasteiger partial charge in [-0.1, -0.05) is 53.0 Å². The molecular weight excluding hydrogens is 417 g/mol. The van der Waals surface area contributed by atoms with Crippen LogP contribution in [0.3, 0.4) is 0 Å². The third-order valence-electron chi connectivity index (χ3n) is 4.30. The largest absolute Gasteiger partial charge is 0.496 e. The van der Waals surface area contributed by atoms with Crippen molar-refractivity contribution in [1.82, 2.24) is 0 Å². The van der Waals surface area contributed by atoms with E-state index in [0.717, 1.165) is 4.47 Å². The highest BCUT2D eigenvalue weighted by atomic mass is 79.9. The zero-order chi connectivity index (χ0) is 18.1. The first-order valence-corrected chi connectivity index (χ1v) is 8.73. The molecule has 1 aromatic rings. The van der Waals surface area contributed by atoms with Crippen LogP contribution < -0.4 is 4.74 Å². The fourth-order valence-corrected chi connectivity index (χ4v) is 3.48. The highest BCUT2D eigenvalue weighted by Crippen LogP contribution is 2.60. The van der Waals surface area contributed by atoms with Gasteiger partial charge in [0.1, 0.15) is 16.3 Å². The minimum absolute atomic E-state index is 0.112. The minimum atomic E-state index is -1.06. The van der Waals surface area contributed by atoms with E-state index >= 15 is 0 Å². The summed E-state index contributed by atoms with van der Waals surface area (Å²) in [7, 11) is 1.50. The molecule has 1 fully saturated rings. The lowest BCUT2D eigenvalue weighted by Crippen LogP contribution is -2.15. The van der Waals surface area contributed by atoms with Crippen LogP contribution >= 0.6 is 39.1 Å². The Bertz CT molecular complexity index is 723. The number of ether oxygens (including phenoxy) is 2. The molecule has 0 aliphatic heterocycles. The zero-order valence-corrected chi connectivity index (χ0v) is 16.4. The predicted octanol–water partition coefficient (Wildman–Crippen LogP) is 5.16. The molecule has 7 heteroatoms. The molecule has 0 aromatic heterocycles.